The summed E-state index contributed by atoms with van der Waals surface area (Å²) in [7, 11) is 0. The van der Waals surface area contributed by atoms with Crippen LogP contribution < -0.4 is 4.74 Å². The fourth-order valence-corrected chi connectivity index (χ4v) is 4.16. The van der Waals surface area contributed by atoms with Crippen LogP contribution in [-0.2, 0) is 23.8 Å². The van der Waals surface area contributed by atoms with E-state index >= 15 is 0 Å². The summed E-state index contributed by atoms with van der Waals surface area (Å²) in [5.41, 5.74) is 0. The maximum absolute atomic E-state index is 13.0. The number of benzene rings is 2. The van der Waals surface area contributed by atoms with Gasteiger partial charge in [0.1, 0.15) is 18.1 Å². The monoisotopic (exact) mass is 424 g/mol. The van der Waals surface area contributed by atoms with Crippen LogP contribution in [-0.4, -0.2) is 36.2 Å². The maximum Gasteiger partial charge on any atom is 0.335 e. The molecule has 4 atom stereocenters. The molecule has 2 aromatic carbocycles. The van der Waals surface area contributed by atoms with Gasteiger partial charge in [0.05, 0.1) is 18.1 Å². The van der Waals surface area contributed by atoms with Crippen molar-refractivity contribution < 1.29 is 28.5 Å². The third-order valence-corrected chi connectivity index (χ3v) is 5.70. The second-order valence-corrected chi connectivity index (χ2v) is 8.44. The number of carbonyl (C=O) groups is 2. The van der Waals surface area contributed by atoms with Gasteiger partial charge in [-0.3, -0.25) is 4.79 Å². The van der Waals surface area contributed by atoms with E-state index in [-0.39, 0.29) is 41.7 Å². The highest BCUT2D eigenvalue weighted by atomic mass is 16.6. The van der Waals surface area contributed by atoms with Gasteiger partial charge in [0, 0.05) is 6.42 Å². The molecule has 2 aromatic rings. The molecule has 4 rings (SSSR count). The molecule has 0 bridgehead atoms. The molecule has 1 aliphatic carbocycles. The number of fused-ring (bicyclic) bond motifs is 2. The number of hydrogen-bond donors (Lipinski definition) is 0. The van der Waals surface area contributed by atoms with Gasteiger partial charge in [-0.25, -0.2) is 4.79 Å². The Hall–Kier alpha value is -2.86. The van der Waals surface area contributed by atoms with Gasteiger partial charge in [0.15, 0.2) is 6.10 Å². The van der Waals surface area contributed by atoms with Crippen molar-refractivity contribution >= 4 is 22.5 Å². The molecule has 0 amide bonds. The summed E-state index contributed by atoms with van der Waals surface area (Å²) < 4.78 is 22.8. The lowest BCUT2D eigenvalue weighted by Gasteiger charge is -2.37. The Morgan fingerprint density at radius 2 is 1.84 bits per heavy atom. The Morgan fingerprint density at radius 3 is 2.61 bits per heavy atom. The van der Waals surface area contributed by atoms with E-state index in [0.717, 1.165) is 10.8 Å². The predicted molar refractivity (Wildman–Crippen MR) is 115 cm³/mol. The van der Waals surface area contributed by atoms with Crippen LogP contribution in [0.25, 0.3) is 10.8 Å². The molecule has 1 saturated carbocycles. The first-order valence-corrected chi connectivity index (χ1v) is 10.8. The highest BCUT2D eigenvalue weighted by Gasteiger charge is 2.42. The molecule has 0 N–H and O–H groups in total. The van der Waals surface area contributed by atoms with Crippen LogP contribution >= 0.6 is 0 Å². The summed E-state index contributed by atoms with van der Waals surface area (Å²) in [5.74, 6) is 0.150. The summed E-state index contributed by atoms with van der Waals surface area (Å²) in [6.07, 6.45) is 2.01. The largest absolute Gasteiger partial charge is 0.493 e. The Bertz CT molecular complexity index is 994. The van der Waals surface area contributed by atoms with Crippen LogP contribution in [0, 0.1) is 5.92 Å². The van der Waals surface area contributed by atoms with Crippen molar-refractivity contribution in [3.8, 4) is 5.75 Å². The first-order chi connectivity index (χ1) is 14.9. The molecule has 2 aliphatic rings. The van der Waals surface area contributed by atoms with Crippen LogP contribution in [0.4, 0.5) is 0 Å². The third kappa shape index (κ3) is 4.90. The van der Waals surface area contributed by atoms with Gasteiger partial charge in [0.25, 0.3) is 0 Å². The van der Waals surface area contributed by atoms with Crippen LogP contribution in [0.1, 0.15) is 40.0 Å². The molecule has 0 spiro atoms. The summed E-state index contributed by atoms with van der Waals surface area (Å²) in [4.78, 5) is 25.0. The van der Waals surface area contributed by atoms with E-state index in [2.05, 4.69) is 0 Å². The van der Waals surface area contributed by atoms with Crippen molar-refractivity contribution in [2.45, 2.75) is 64.4 Å². The Labute approximate surface area is 182 Å². The van der Waals surface area contributed by atoms with Gasteiger partial charge in [-0.1, -0.05) is 30.3 Å². The van der Waals surface area contributed by atoms with Crippen molar-refractivity contribution in [2.75, 3.05) is 0 Å². The Morgan fingerprint density at radius 1 is 1.06 bits per heavy atom. The lowest BCUT2D eigenvalue weighted by Crippen LogP contribution is -2.44. The number of ketones is 1. The summed E-state index contributed by atoms with van der Waals surface area (Å²) in [6, 6.07) is 13.7. The highest BCUT2D eigenvalue weighted by molar-refractivity contribution is 5.96. The predicted octanol–water partition coefficient (Wildman–Crippen LogP) is 4.55. The fourth-order valence-electron chi connectivity index (χ4n) is 4.16. The van der Waals surface area contributed by atoms with Gasteiger partial charge in [0.2, 0.25) is 11.5 Å². The van der Waals surface area contributed by atoms with E-state index in [9.17, 15) is 9.59 Å². The number of carbonyl (C=O) groups excluding carboxylic acids is 2. The molecular formula is C25H28O6. The third-order valence-electron chi connectivity index (χ3n) is 5.70. The molecule has 31 heavy (non-hydrogen) atoms. The van der Waals surface area contributed by atoms with Crippen molar-refractivity contribution in [3.63, 3.8) is 0 Å². The quantitative estimate of drug-likeness (QED) is 0.634. The number of allylic oxidation sites excluding steroid dienone is 1. The minimum Gasteiger partial charge on any atom is -0.493 e. The first-order valence-electron chi connectivity index (χ1n) is 10.8. The standard InChI is InChI=1S/C25H28O6/c1-15(2)29-25(27)16(3)30-20-10-11-21-22(13-20)28-14-23(24(21)26)31-19-9-8-17-6-4-5-7-18(17)12-19/h4-9,12,14-16,20-22H,10-11,13H2,1-3H3. The Kier molecular flexibility index (Phi) is 6.28. The average molecular weight is 424 g/mol. The minimum absolute atomic E-state index is 0.0462. The van der Waals surface area contributed by atoms with E-state index in [0.29, 0.717) is 25.0 Å². The topological polar surface area (TPSA) is 71.1 Å². The zero-order chi connectivity index (χ0) is 22.0. The molecule has 4 unspecified atom stereocenters. The molecule has 164 valence electrons. The number of Topliss-reactive ketones (excluding diaryl/α,β-unsaturated/α-hetero) is 1. The summed E-state index contributed by atoms with van der Waals surface area (Å²) in [6.45, 7) is 5.31. The van der Waals surface area contributed by atoms with Gasteiger partial charge in [-0.05, 0) is 56.5 Å². The van der Waals surface area contributed by atoms with E-state index < -0.39 is 6.10 Å². The normalized spacial score (nSPS) is 24.2. The van der Waals surface area contributed by atoms with Crippen molar-refractivity contribution in [1.29, 1.82) is 0 Å². The van der Waals surface area contributed by atoms with E-state index in [1.807, 2.05) is 42.5 Å². The first kappa shape index (κ1) is 21.4. The van der Waals surface area contributed by atoms with E-state index in [4.69, 9.17) is 18.9 Å². The zero-order valence-electron chi connectivity index (χ0n) is 18.1. The average Bonchev–Trinajstić information content (AvgIpc) is 2.75. The van der Waals surface area contributed by atoms with Crippen molar-refractivity contribution in [1.82, 2.24) is 0 Å². The van der Waals surface area contributed by atoms with Gasteiger partial charge >= 0.3 is 5.97 Å². The number of rotatable bonds is 6. The van der Waals surface area contributed by atoms with Gasteiger partial charge in [-0.15, -0.1) is 0 Å². The number of hydrogen-bond acceptors (Lipinski definition) is 6. The second kappa shape index (κ2) is 9.10. The van der Waals surface area contributed by atoms with Crippen LogP contribution in [0.5, 0.6) is 5.75 Å². The summed E-state index contributed by atoms with van der Waals surface area (Å²) >= 11 is 0. The van der Waals surface area contributed by atoms with Crippen molar-refractivity contribution in [2.24, 2.45) is 5.92 Å². The fraction of sp³-hybridized carbons (Fsp3) is 0.440. The van der Waals surface area contributed by atoms with Crippen LogP contribution in [0.2, 0.25) is 0 Å². The SMILES string of the molecule is CC(C)OC(=O)C(C)OC1CCC2C(=O)C(Oc3ccc4ccccc4c3)=COC2C1. The lowest BCUT2D eigenvalue weighted by molar-refractivity contribution is -0.168. The van der Waals surface area contributed by atoms with Crippen molar-refractivity contribution in [3.05, 3.63) is 54.5 Å². The molecule has 0 saturated heterocycles. The molecule has 0 aromatic heterocycles. The van der Waals surface area contributed by atoms with Crippen LogP contribution in [0.15, 0.2) is 54.5 Å². The molecule has 1 fully saturated rings. The number of esters is 1. The van der Waals surface area contributed by atoms with Gasteiger partial charge in [-0.2, -0.15) is 0 Å². The summed E-state index contributed by atoms with van der Waals surface area (Å²) in [5, 5.41) is 2.16. The van der Waals surface area contributed by atoms with E-state index in [1.54, 1.807) is 20.8 Å². The molecule has 0 radical (unpaired) electrons. The highest BCUT2D eigenvalue weighted by Crippen LogP contribution is 2.35. The zero-order valence-corrected chi connectivity index (χ0v) is 18.1. The Balaban J connectivity index is 1.38. The van der Waals surface area contributed by atoms with Crippen LogP contribution in [0.3, 0.4) is 0 Å². The number of ether oxygens (including phenoxy) is 4. The molecular weight excluding hydrogens is 396 g/mol. The molecule has 6 nitrogen and oxygen atoms in total. The minimum atomic E-state index is -0.648. The maximum atomic E-state index is 13.0. The molecule has 6 heteroatoms. The lowest BCUT2D eigenvalue weighted by atomic mass is 9.80. The molecule has 1 aliphatic heterocycles. The second-order valence-electron chi connectivity index (χ2n) is 8.44. The van der Waals surface area contributed by atoms with E-state index in [1.165, 1.54) is 6.26 Å². The molecule has 1 heterocycles. The van der Waals surface area contributed by atoms with Gasteiger partial charge < -0.3 is 18.9 Å². The smallest absolute Gasteiger partial charge is 0.335 e.